The first-order chi connectivity index (χ1) is 18.3. The third-order valence-electron chi connectivity index (χ3n) is 5.54. The Labute approximate surface area is 224 Å². The van der Waals surface area contributed by atoms with E-state index < -0.39 is 30.1 Å². The summed E-state index contributed by atoms with van der Waals surface area (Å²) in [6.07, 6.45) is 1.80. The van der Waals surface area contributed by atoms with Crippen LogP contribution in [-0.4, -0.2) is 68.2 Å². The van der Waals surface area contributed by atoms with Crippen molar-refractivity contribution in [1.29, 1.82) is 0 Å². The summed E-state index contributed by atoms with van der Waals surface area (Å²) in [6, 6.07) is 16.1. The molecular weight excluding hydrogens is 516 g/mol. The Balaban J connectivity index is 1.65. The van der Waals surface area contributed by atoms with Crippen LogP contribution in [0.1, 0.15) is 15.9 Å². The first-order valence-corrected chi connectivity index (χ1v) is 13.0. The molecule has 0 heterocycles. The summed E-state index contributed by atoms with van der Waals surface area (Å²) in [4.78, 5) is 26.1. The molecule has 0 aliphatic carbocycles. The van der Waals surface area contributed by atoms with E-state index in [-0.39, 0.29) is 19.8 Å². The number of methoxy groups -OCH3 is 1. The molecule has 0 spiro atoms. The van der Waals surface area contributed by atoms with Crippen LogP contribution >= 0.6 is 11.8 Å². The number of hydrogen-bond acceptors (Lipinski definition) is 6. The lowest BCUT2D eigenvalue weighted by Gasteiger charge is -2.21. The van der Waals surface area contributed by atoms with E-state index in [1.165, 1.54) is 28.8 Å². The zero-order valence-corrected chi connectivity index (χ0v) is 21.9. The predicted molar refractivity (Wildman–Crippen MR) is 141 cm³/mol. The summed E-state index contributed by atoms with van der Waals surface area (Å²) in [7, 11) is 1.55. The highest BCUT2D eigenvalue weighted by atomic mass is 32.2. The number of amides is 1. The number of thioether (sulfide) groups is 1. The quantitative estimate of drug-likeness (QED) is 0.222. The molecule has 0 saturated heterocycles. The van der Waals surface area contributed by atoms with Crippen molar-refractivity contribution in [1.82, 2.24) is 4.90 Å². The lowest BCUT2D eigenvalue weighted by atomic mass is 10.1. The van der Waals surface area contributed by atoms with Crippen LogP contribution < -0.4 is 4.74 Å². The van der Waals surface area contributed by atoms with E-state index in [4.69, 9.17) is 14.2 Å². The monoisotopic (exact) mass is 545 g/mol. The van der Waals surface area contributed by atoms with Crippen LogP contribution in [0, 0.1) is 11.6 Å². The van der Waals surface area contributed by atoms with Crippen molar-refractivity contribution in [3.05, 3.63) is 83.4 Å². The van der Waals surface area contributed by atoms with Crippen molar-refractivity contribution in [2.45, 2.75) is 11.5 Å². The van der Waals surface area contributed by atoms with E-state index in [0.29, 0.717) is 35.0 Å². The van der Waals surface area contributed by atoms with Gasteiger partial charge in [0.15, 0.2) is 11.6 Å². The van der Waals surface area contributed by atoms with Gasteiger partial charge in [0, 0.05) is 24.1 Å². The van der Waals surface area contributed by atoms with Crippen LogP contribution in [0.5, 0.6) is 5.75 Å². The fraction of sp³-hybridized carbons (Fsp3) is 0.286. The molecule has 3 aromatic rings. The molecule has 0 atom stereocenters. The van der Waals surface area contributed by atoms with Crippen LogP contribution in [0.25, 0.3) is 11.1 Å². The lowest BCUT2D eigenvalue weighted by Crippen LogP contribution is -2.38. The fourth-order valence-corrected chi connectivity index (χ4v) is 4.25. The van der Waals surface area contributed by atoms with Gasteiger partial charge >= 0.3 is 5.97 Å². The van der Waals surface area contributed by atoms with E-state index in [1.54, 1.807) is 61.9 Å². The average Bonchev–Trinajstić information content (AvgIpc) is 2.92. The Morgan fingerprint density at radius 2 is 1.71 bits per heavy atom. The van der Waals surface area contributed by atoms with Crippen molar-refractivity contribution in [3.8, 4) is 16.9 Å². The van der Waals surface area contributed by atoms with Gasteiger partial charge in [-0.25, -0.2) is 8.78 Å². The van der Waals surface area contributed by atoms with Crippen LogP contribution in [-0.2, 0) is 20.9 Å². The molecule has 3 aromatic carbocycles. The number of carbonyl (C=O) groups is 2. The minimum absolute atomic E-state index is 0.123. The zero-order valence-electron chi connectivity index (χ0n) is 21.1. The maximum atomic E-state index is 13.8. The summed E-state index contributed by atoms with van der Waals surface area (Å²) >= 11 is 1.33. The molecule has 0 aliphatic rings. The zero-order chi connectivity index (χ0) is 27.5. The minimum Gasteiger partial charge on any atom is -0.489 e. The van der Waals surface area contributed by atoms with E-state index in [1.807, 2.05) is 0 Å². The summed E-state index contributed by atoms with van der Waals surface area (Å²) in [5, 5.41) is 9.22. The average molecular weight is 546 g/mol. The fourth-order valence-electron chi connectivity index (χ4n) is 3.63. The van der Waals surface area contributed by atoms with Gasteiger partial charge in [0.1, 0.15) is 18.9 Å². The SMILES string of the molecule is COCCOCCN(CC(=O)O)C(=O)c1cccc(COc2ccc(-c3cc(F)c(F)cc3SC)cc2)c1. The number of ether oxygens (including phenoxy) is 3. The molecule has 202 valence electrons. The Hall–Kier alpha value is -3.47. The van der Waals surface area contributed by atoms with Crippen molar-refractivity contribution in [2.75, 3.05) is 46.3 Å². The standard InChI is InChI=1S/C28H29F2NO6S/c1-35-12-13-36-11-10-31(17-27(32)33)28(34)21-5-3-4-19(14-21)18-37-22-8-6-20(7-9-22)23-15-24(29)25(30)16-26(23)38-2/h3-9,14-16H,10-13,17-18H2,1-2H3,(H,32,33). The van der Waals surface area contributed by atoms with Gasteiger partial charge < -0.3 is 24.2 Å². The van der Waals surface area contributed by atoms with Gasteiger partial charge in [-0.1, -0.05) is 24.3 Å². The second-order valence-electron chi connectivity index (χ2n) is 8.21. The Morgan fingerprint density at radius 3 is 2.39 bits per heavy atom. The second kappa shape index (κ2) is 14.5. The molecule has 3 rings (SSSR count). The van der Waals surface area contributed by atoms with Gasteiger partial charge in [-0.3, -0.25) is 9.59 Å². The highest BCUT2D eigenvalue weighted by Gasteiger charge is 2.19. The third kappa shape index (κ3) is 8.27. The van der Waals surface area contributed by atoms with Gasteiger partial charge in [0.25, 0.3) is 5.91 Å². The number of aliphatic carboxylic acids is 1. The number of hydrogen-bond donors (Lipinski definition) is 1. The number of carbonyl (C=O) groups excluding carboxylic acids is 1. The molecule has 0 unspecified atom stereocenters. The molecule has 0 radical (unpaired) electrons. The number of halogens is 2. The Bertz CT molecular complexity index is 1240. The van der Waals surface area contributed by atoms with Crippen LogP contribution in [0.3, 0.4) is 0 Å². The maximum absolute atomic E-state index is 13.8. The summed E-state index contributed by atoms with van der Waals surface area (Å²) in [6.45, 7) is 0.777. The van der Waals surface area contributed by atoms with E-state index in [0.717, 1.165) is 11.1 Å². The second-order valence-corrected chi connectivity index (χ2v) is 9.05. The van der Waals surface area contributed by atoms with Gasteiger partial charge in [-0.2, -0.15) is 0 Å². The van der Waals surface area contributed by atoms with Gasteiger partial charge in [-0.05, 0) is 59.3 Å². The molecule has 0 bridgehead atoms. The van der Waals surface area contributed by atoms with E-state index in [9.17, 15) is 23.5 Å². The molecule has 0 fully saturated rings. The number of benzene rings is 3. The topological polar surface area (TPSA) is 85.3 Å². The van der Waals surface area contributed by atoms with Crippen LogP contribution in [0.15, 0.2) is 65.6 Å². The summed E-state index contributed by atoms with van der Waals surface area (Å²) < 4.78 is 43.5. The Morgan fingerprint density at radius 1 is 0.974 bits per heavy atom. The van der Waals surface area contributed by atoms with Crippen molar-refractivity contribution >= 4 is 23.6 Å². The van der Waals surface area contributed by atoms with E-state index >= 15 is 0 Å². The molecule has 38 heavy (non-hydrogen) atoms. The first-order valence-electron chi connectivity index (χ1n) is 11.7. The molecule has 1 amide bonds. The number of nitrogens with zero attached hydrogens (tertiary/aromatic N) is 1. The molecule has 0 aromatic heterocycles. The largest absolute Gasteiger partial charge is 0.489 e. The molecule has 10 heteroatoms. The van der Waals surface area contributed by atoms with Gasteiger partial charge in [0.05, 0.1) is 19.8 Å². The number of carboxylic acids is 1. The van der Waals surface area contributed by atoms with Gasteiger partial charge in [0.2, 0.25) is 0 Å². The smallest absolute Gasteiger partial charge is 0.323 e. The third-order valence-corrected chi connectivity index (χ3v) is 6.32. The van der Waals surface area contributed by atoms with Crippen molar-refractivity contribution in [2.24, 2.45) is 0 Å². The molecule has 7 nitrogen and oxygen atoms in total. The van der Waals surface area contributed by atoms with Gasteiger partial charge in [-0.15, -0.1) is 11.8 Å². The minimum atomic E-state index is -1.12. The number of rotatable bonds is 14. The summed E-state index contributed by atoms with van der Waals surface area (Å²) in [5.74, 6) is -2.79. The highest BCUT2D eigenvalue weighted by Crippen LogP contribution is 2.33. The van der Waals surface area contributed by atoms with Crippen molar-refractivity contribution < 1.29 is 37.7 Å². The maximum Gasteiger partial charge on any atom is 0.323 e. The Kier molecular flexibility index (Phi) is 11.1. The van der Waals surface area contributed by atoms with Crippen LogP contribution in [0.2, 0.25) is 0 Å². The van der Waals surface area contributed by atoms with E-state index in [2.05, 4.69) is 0 Å². The number of carboxylic acid groups (broad SMARTS) is 1. The van der Waals surface area contributed by atoms with Crippen LogP contribution in [0.4, 0.5) is 8.78 Å². The highest BCUT2D eigenvalue weighted by molar-refractivity contribution is 7.98. The lowest BCUT2D eigenvalue weighted by molar-refractivity contribution is -0.137. The molecule has 0 aliphatic heterocycles. The first kappa shape index (κ1) is 29.1. The molecule has 1 N–H and O–H groups in total. The normalized spacial score (nSPS) is 10.8. The predicted octanol–water partition coefficient (Wildman–Crippen LogP) is 5.12. The van der Waals surface area contributed by atoms with Crippen molar-refractivity contribution in [3.63, 3.8) is 0 Å². The summed E-state index contributed by atoms with van der Waals surface area (Å²) in [5.41, 5.74) is 2.36. The molecular formula is C28H29F2NO6S. The molecule has 0 saturated carbocycles.